The SMILES string of the molecule is CCOC(C(N)c1cc2cc(C)ccc2o1)C(C)(C)C. The maximum absolute atomic E-state index is 6.39. The number of hydrogen-bond acceptors (Lipinski definition) is 3. The van der Waals surface area contributed by atoms with Crippen LogP contribution in [0.1, 0.15) is 45.1 Å². The van der Waals surface area contributed by atoms with Crippen molar-refractivity contribution in [3.63, 3.8) is 0 Å². The number of fused-ring (bicyclic) bond motifs is 1. The quantitative estimate of drug-likeness (QED) is 0.910. The van der Waals surface area contributed by atoms with Crippen molar-refractivity contribution in [2.24, 2.45) is 11.1 Å². The Morgan fingerprint density at radius 2 is 1.95 bits per heavy atom. The fourth-order valence-corrected chi connectivity index (χ4v) is 2.57. The maximum Gasteiger partial charge on any atom is 0.134 e. The van der Waals surface area contributed by atoms with Crippen molar-refractivity contribution < 1.29 is 9.15 Å². The van der Waals surface area contributed by atoms with Gasteiger partial charge in [-0.2, -0.15) is 0 Å². The summed E-state index contributed by atoms with van der Waals surface area (Å²) in [5.74, 6) is 0.791. The molecule has 0 aliphatic heterocycles. The van der Waals surface area contributed by atoms with Crippen molar-refractivity contribution in [3.8, 4) is 0 Å². The monoisotopic (exact) mass is 275 g/mol. The van der Waals surface area contributed by atoms with Gasteiger partial charge in [-0.1, -0.05) is 32.4 Å². The number of ether oxygens (including phenoxy) is 1. The van der Waals surface area contributed by atoms with Gasteiger partial charge in [-0.15, -0.1) is 0 Å². The third kappa shape index (κ3) is 3.05. The van der Waals surface area contributed by atoms with Crippen LogP contribution in [0.2, 0.25) is 0 Å². The van der Waals surface area contributed by atoms with E-state index >= 15 is 0 Å². The first-order valence-electron chi connectivity index (χ1n) is 7.20. The predicted molar refractivity (Wildman–Crippen MR) is 82.7 cm³/mol. The molecular formula is C17H25NO2. The molecule has 0 bridgehead atoms. The molecule has 0 radical (unpaired) electrons. The molecule has 110 valence electrons. The molecule has 2 N–H and O–H groups in total. The molecule has 3 nitrogen and oxygen atoms in total. The van der Waals surface area contributed by atoms with Crippen LogP contribution < -0.4 is 5.73 Å². The van der Waals surface area contributed by atoms with Crippen LogP contribution in [-0.4, -0.2) is 12.7 Å². The summed E-state index contributed by atoms with van der Waals surface area (Å²) in [7, 11) is 0. The number of hydrogen-bond donors (Lipinski definition) is 1. The average Bonchev–Trinajstić information content (AvgIpc) is 2.76. The minimum Gasteiger partial charge on any atom is -0.459 e. The summed E-state index contributed by atoms with van der Waals surface area (Å²) in [6.07, 6.45) is -0.0749. The van der Waals surface area contributed by atoms with Gasteiger partial charge in [0.15, 0.2) is 0 Å². The molecular weight excluding hydrogens is 250 g/mol. The molecule has 0 saturated heterocycles. The lowest BCUT2D eigenvalue weighted by Gasteiger charge is -2.33. The summed E-state index contributed by atoms with van der Waals surface area (Å²) in [6, 6.07) is 7.92. The van der Waals surface area contributed by atoms with Gasteiger partial charge in [0.25, 0.3) is 0 Å². The highest BCUT2D eigenvalue weighted by Gasteiger charge is 2.33. The van der Waals surface area contributed by atoms with Crippen LogP contribution in [0.25, 0.3) is 11.0 Å². The first kappa shape index (κ1) is 15.1. The zero-order valence-electron chi connectivity index (χ0n) is 13.1. The Labute approximate surface area is 121 Å². The molecule has 2 unspecified atom stereocenters. The van der Waals surface area contributed by atoms with Crippen LogP contribution in [0.3, 0.4) is 0 Å². The first-order valence-corrected chi connectivity index (χ1v) is 7.20. The second-order valence-electron chi connectivity index (χ2n) is 6.46. The Kier molecular flexibility index (Phi) is 4.21. The van der Waals surface area contributed by atoms with Crippen molar-refractivity contribution in [2.45, 2.75) is 46.8 Å². The van der Waals surface area contributed by atoms with Gasteiger partial charge in [-0.25, -0.2) is 0 Å². The van der Waals surface area contributed by atoms with Gasteiger partial charge in [0.2, 0.25) is 0 Å². The van der Waals surface area contributed by atoms with E-state index in [1.54, 1.807) is 0 Å². The second-order valence-corrected chi connectivity index (χ2v) is 6.46. The van der Waals surface area contributed by atoms with Crippen molar-refractivity contribution in [3.05, 3.63) is 35.6 Å². The van der Waals surface area contributed by atoms with Gasteiger partial charge >= 0.3 is 0 Å². The molecule has 2 atom stereocenters. The van der Waals surface area contributed by atoms with E-state index in [0.717, 1.165) is 16.7 Å². The van der Waals surface area contributed by atoms with E-state index in [-0.39, 0.29) is 17.6 Å². The lowest BCUT2D eigenvalue weighted by atomic mass is 9.84. The summed E-state index contributed by atoms with van der Waals surface area (Å²) >= 11 is 0. The lowest BCUT2D eigenvalue weighted by Crippen LogP contribution is -2.39. The molecule has 0 amide bonds. The average molecular weight is 275 g/mol. The van der Waals surface area contributed by atoms with Crippen LogP contribution in [-0.2, 0) is 4.74 Å². The molecule has 1 aromatic heterocycles. The zero-order chi connectivity index (χ0) is 14.9. The van der Waals surface area contributed by atoms with Crippen LogP contribution >= 0.6 is 0 Å². The standard InChI is InChI=1S/C17H25NO2/c1-6-19-16(17(3,4)5)15(18)14-10-12-9-11(2)7-8-13(12)20-14/h7-10,15-16H,6,18H2,1-5H3. The minimum atomic E-state index is -0.261. The predicted octanol–water partition coefficient (Wildman–Crippen LogP) is 4.19. The number of furan rings is 1. The van der Waals surface area contributed by atoms with E-state index in [1.807, 2.05) is 25.1 Å². The second kappa shape index (κ2) is 5.58. The van der Waals surface area contributed by atoms with Gasteiger partial charge in [0, 0.05) is 12.0 Å². The highest BCUT2D eigenvalue weighted by molar-refractivity contribution is 5.78. The van der Waals surface area contributed by atoms with Gasteiger partial charge in [0.05, 0.1) is 12.1 Å². The number of rotatable bonds is 4. The normalized spacial score (nSPS) is 15.5. The molecule has 3 heteroatoms. The third-order valence-corrected chi connectivity index (χ3v) is 3.55. The molecule has 2 aromatic rings. The maximum atomic E-state index is 6.39. The summed E-state index contributed by atoms with van der Waals surface area (Å²) in [6.45, 7) is 11.1. The van der Waals surface area contributed by atoms with Crippen LogP contribution in [0.4, 0.5) is 0 Å². The smallest absolute Gasteiger partial charge is 0.134 e. The van der Waals surface area contributed by atoms with Crippen molar-refractivity contribution in [1.29, 1.82) is 0 Å². The van der Waals surface area contributed by atoms with Crippen LogP contribution in [0.5, 0.6) is 0 Å². The highest BCUT2D eigenvalue weighted by Crippen LogP contribution is 2.33. The fraction of sp³-hybridized carbons (Fsp3) is 0.529. The largest absolute Gasteiger partial charge is 0.459 e. The number of nitrogens with two attached hydrogens (primary N) is 1. The minimum absolute atomic E-state index is 0.0374. The summed E-state index contributed by atoms with van der Waals surface area (Å²) in [4.78, 5) is 0. The number of benzene rings is 1. The Morgan fingerprint density at radius 3 is 2.55 bits per heavy atom. The van der Waals surface area contributed by atoms with E-state index in [9.17, 15) is 0 Å². The Hall–Kier alpha value is -1.32. The van der Waals surface area contributed by atoms with Gasteiger partial charge in [-0.05, 0) is 37.5 Å². The van der Waals surface area contributed by atoms with Crippen LogP contribution in [0.15, 0.2) is 28.7 Å². The molecule has 2 rings (SSSR count). The molecule has 0 aliphatic rings. The third-order valence-electron chi connectivity index (χ3n) is 3.55. The molecule has 0 aliphatic carbocycles. The Morgan fingerprint density at radius 1 is 1.25 bits per heavy atom. The molecule has 0 fully saturated rings. The molecule has 1 aromatic carbocycles. The van der Waals surface area contributed by atoms with E-state index in [4.69, 9.17) is 14.9 Å². The van der Waals surface area contributed by atoms with Crippen LogP contribution in [0, 0.1) is 12.3 Å². The number of aryl methyl sites for hydroxylation is 1. The van der Waals surface area contributed by atoms with E-state index < -0.39 is 0 Å². The lowest BCUT2D eigenvalue weighted by molar-refractivity contribution is -0.0319. The Balaban J connectivity index is 2.35. The van der Waals surface area contributed by atoms with E-state index in [2.05, 4.69) is 33.8 Å². The Bertz CT molecular complexity index is 580. The van der Waals surface area contributed by atoms with Gasteiger partial charge < -0.3 is 14.9 Å². The van der Waals surface area contributed by atoms with E-state index in [1.165, 1.54) is 5.56 Å². The van der Waals surface area contributed by atoms with Crippen molar-refractivity contribution in [2.75, 3.05) is 6.61 Å². The fourth-order valence-electron chi connectivity index (χ4n) is 2.57. The molecule has 1 heterocycles. The van der Waals surface area contributed by atoms with Crippen molar-refractivity contribution >= 4 is 11.0 Å². The summed E-state index contributed by atoms with van der Waals surface area (Å²) in [5, 5.41) is 1.10. The topological polar surface area (TPSA) is 48.4 Å². The summed E-state index contributed by atoms with van der Waals surface area (Å²) < 4.78 is 11.8. The van der Waals surface area contributed by atoms with Crippen molar-refractivity contribution in [1.82, 2.24) is 0 Å². The highest BCUT2D eigenvalue weighted by atomic mass is 16.5. The summed E-state index contributed by atoms with van der Waals surface area (Å²) in [5.41, 5.74) is 8.46. The zero-order valence-corrected chi connectivity index (χ0v) is 13.1. The van der Waals surface area contributed by atoms with Gasteiger partial charge in [-0.3, -0.25) is 0 Å². The molecule has 20 heavy (non-hydrogen) atoms. The molecule has 0 spiro atoms. The van der Waals surface area contributed by atoms with Gasteiger partial charge in [0.1, 0.15) is 11.3 Å². The molecule has 0 saturated carbocycles. The first-order chi connectivity index (χ1) is 9.32. The van der Waals surface area contributed by atoms with E-state index in [0.29, 0.717) is 6.61 Å².